The first kappa shape index (κ1) is 19.5. The molecule has 4 rings (SSSR count). The Morgan fingerprint density at radius 3 is 2.72 bits per heavy atom. The number of thioether (sulfide) groups is 1. The number of benzene rings is 1. The van der Waals surface area contributed by atoms with Crippen molar-refractivity contribution in [1.29, 1.82) is 0 Å². The Labute approximate surface area is 172 Å². The van der Waals surface area contributed by atoms with Crippen LogP contribution in [0.2, 0.25) is 0 Å². The Hall–Kier alpha value is -2.81. The van der Waals surface area contributed by atoms with Crippen LogP contribution in [0.3, 0.4) is 0 Å². The van der Waals surface area contributed by atoms with Gasteiger partial charge in [-0.25, -0.2) is 18.9 Å². The normalized spacial score (nSPS) is 14.8. The molecule has 0 saturated heterocycles. The van der Waals surface area contributed by atoms with E-state index in [9.17, 15) is 9.59 Å². The SMILES string of the molecule is COc1ccc(NC(=O)Cn2nc3c(SC4CCCCC4)nccn3c2=O)cc1. The minimum Gasteiger partial charge on any atom is -0.497 e. The molecule has 9 heteroatoms. The fourth-order valence-corrected chi connectivity index (χ4v) is 4.71. The minimum atomic E-state index is -0.349. The van der Waals surface area contributed by atoms with Crippen molar-refractivity contribution in [1.82, 2.24) is 19.2 Å². The van der Waals surface area contributed by atoms with E-state index < -0.39 is 0 Å². The molecule has 1 aliphatic rings. The highest BCUT2D eigenvalue weighted by Gasteiger charge is 2.20. The van der Waals surface area contributed by atoms with E-state index in [1.807, 2.05) is 0 Å². The van der Waals surface area contributed by atoms with Crippen LogP contribution >= 0.6 is 11.8 Å². The van der Waals surface area contributed by atoms with Gasteiger partial charge in [0.2, 0.25) is 5.91 Å². The van der Waals surface area contributed by atoms with Crippen LogP contribution in [-0.4, -0.2) is 37.4 Å². The molecule has 8 nitrogen and oxygen atoms in total. The number of anilines is 1. The van der Waals surface area contributed by atoms with Crippen LogP contribution < -0.4 is 15.7 Å². The van der Waals surface area contributed by atoms with Gasteiger partial charge in [-0.2, -0.15) is 0 Å². The van der Waals surface area contributed by atoms with Crippen LogP contribution in [0.15, 0.2) is 46.5 Å². The molecule has 0 atom stereocenters. The molecule has 152 valence electrons. The Kier molecular flexibility index (Phi) is 5.84. The molecule has 3 aromatic rings. The summed E-state index contributed by atoms with van der Waals surface area (Å²) in [5, 5.41) is 8.40. The van der Waals surface area contributed by atoms with Crippen LogP contribution in [0.4, 0.5) is 5.69 Å². The lowest BCUT2D eigenvalue weighted by atomic mass is 10.0. The van der Waals surface area contributed by atoms with Gasteiger partial charge in [-0.05, 0) is 37.1 Å². The number of fused-ring (bicyclic) bond motifs is 1. The number of amides is 1. The molecule has 1 aliphatic carbocycles. The summed E-state index contributed by atoms with van der Waals surface area (Å²) in [6, 6.07) is 7.00. The molecule has 1 N–H and O–H groups in total. The number of hydrogen-bond acceptors (Lipinski definition) is 6. The monoisotopic (exact) mass is 413 g/mol. The van der Waals surface area contributed by atoms with Gasteiger partial charge in [-0.3, -0.25) is 4.79 Å². The molecular weight excluding hydrogens is 390 g/mol. The van der Waals surface area contributed by atoms with Crippen LogP contribution in [-0.2, 0) is 11.3 Å². The molecule has 2 aromatic heterocycles. The Morgan fingerprint density at radius 2 is 2.00 bits per heavy atom. The lowest BCUT2D eigenvalue weighted by Crippen LogP contribution is -2.28. The summed E-state index contributed by atoms with van der Waals surface area (Å²) in [6.45, 7) is -0.167. The zero-order chi connectivity index (χ0) is 20.2. The zero-order valence-corrected chi connectivity index (χ0v) is 17.0. The number of rotatable bonds is 6. The van der Waals surface area contributed by atoms with Crippen molar-refractivity contribution in [2.75, 3.05) is 12.4 Å². The Balaban J connectivity index is 1.51. The number of nitrogens with one attached hydrogen (secondary N) is 1. The van der Waals surface area contributed by atoms with Crippen molar-refractivity contribution in [2.45, 2.75) is 48.9 Å². The molecule has 0 unspecified atom stereocenters. The molecule has 0 spiro atoms. The highest BCUT2D eigenvalue weighted by Crippen LogP contribution is 2.33. The molecule has 1 saturated carbocycles. The van der Waals surface area contributed by atoms with E-state index in [2.05, 4.69) is 15.4 Å². The summed E-state index contributed by atoms with van der Waals surface area (Å²) in [5.74, 6) is 0.380. The summed E-state index contributed by atoms with van der Waals surface area (Å²) in [7, 11) is 1.58. The predicted octanol–water partition coefficient (Wildman–Crippen LogP) is 2.96. The highest BCUT2D eigenvalue weighted by atomic mass is 32.2. The first-order valence-corrected chi connectivity index (χ1v) is 10.6. The molecule has 0 bridgehead atoms. The lowest BCUT2D eigenvalue weighted by Gasteiger charge is -2.20. The van der Waals surface area contributed by atoms with Crippen molar-refractivity contribution < 1.29 is 9.53 Å². The van der Waals surface area contributed by atoms with Crippen LogP contribution in [0.5, 0.6) is 5.75 Å². The van der Waals surface area contributed by atoms with Crippen LogP contribution in [0.25, 0.3) is 5.65 Å². The van der Waals surface area contributed by atoms with E-state index in [0.29, 0.717) is 22.3 Å². The summed E-state index contributed by atoms with van der Waals surface area (Å²) in [5.41, 5.74) is 0.783. The number of aromatic nitrogens is 4. The summed E-state index contributed by atoms with van der Waals surface area (Å²) in [4.78, 5) is 29.5. The molecule has 1 aromatic carbocycles. The van der Waals surface area contributed by atoms with Gasteiger partial charge in [0.05, 0.1) is 7.11 Å². The second-order valence-electron chi connectivity index (χ2n) is 7.02. The van der Waals surface area contributed by atoms with Crippen LogP contribution in [0, 0.1) is 0 Å². The largest absolute Gasteiger partial charge is 0.497 e. The van der Waals surface area contributed by atoms with E-state index in [0.717, 1.165) is 17.9 Å². The number of methoxy groups -OCH3 is 1. The van der Waals surface area contributed by atoms with E-state index in [1.54, 1.807) is 55.5 Å². The molecule has 2 heterocycles. The number of carbonyl (C=O) groups excluding carboxylic acids is 1. The van der Waals surface area contributed by atoms with Crippen molar-refractivity contribution in [3.63, 3.8) is 0 Å². The number of nitrogens with zero attached hydrogens (tertiary/aromatic N) is 4. The molecular formula is C20H23N5O3S. The van der Waals surface area contributed by atoms with Gasteiger partial charge in [0.15, 0.2) is 5.65 Å². The van der Waals surface area contributed by atoms with Gasteiger partial charge < -0.3 is 10.1 Å². The average Bonchev–Trinajstić information content (AvgIpc) is 3.06. The number of ether oxygens (including phenoxy) is 1. The van der Waals surface area contributed by atoms with E-state index in [-0.39, 0.29) is 18.1 Å². The first-order chi connectivity index (χ1) is 14.1. The lowest BCUT2D eigenvalue weighted by molar-refractivity contribution is -0.117. The second kappa shape index (κ2) is 8.69. The fourth-order valence-electron chi connectivity index (χ4n) is 3.46. The van der Waals surface area contributed by atoms with E-state index in [4.69, 9.17) is 4.74 Å². The van der Waals surface area contributed by atoms with Gasteiger partial charge in [0.25, 0.3) is 0 Å². The second-order valence-corrected chi connectivity index (χ2v) is 8.31. The number of carbonyl (C=O) groups is 1. The van der Waals surface area contributed by atoms with E-state index in [1.165, 1.54) is 28.3 Å². The topological polar surface area (TPSA) is 90.5 Å². The average molecular weight is 414 g/mol. The standard InChI is InChI=1S/C20H23N5O3S/c1-28-15-9-7-14(8-10-15)22-17(26)13-25-20(27)24-12-11-21-19(18(24)23-25)29-16-5-3-2-4-6-16/h7-12,16H,2-6,13H2,1H3,(H,22,26). The maximum Gasteiger partial charge on any atom is 0.350 e. The van der Waals surface area contributed by atoms with Gasteiger partial charge in [0.1, 0.15) is 17.3 Å². The Bertz CT molecular complexity index is 1050. The summed E-state index contributed by atoms with van der Waals surface area (Å²) >= 11 is 1.68. The minimum absolute atomic E-state index is 0.167. The molecule has 0 aliphatic heterocycles. The molecule has 29 heavy (non-hydrogen) atoms. The molecule has 0 radical (unpaired) electrons. The summed E-state index contributed by atoms with van der Waals surface area (Å²) < 4.78 is 7.74. The first-order valence-electron chi connectivity index (χ1n) is 9.69. The highest BCUT2D eigenvalue weighted by molar-refractivity contribution is 8.00. The van der Waals surface area contributed by atoms with Gasteiger partial charge in [-0.15, -0.1) is 5.10 Å². The fraction of sp³-hybridized carbons (Fsp3) is 0.400. The maximum atomic E-state index is 12.7. The zero-order valence-electron chi connectivity index (χ0n) is 16.2. The quantitative estimate of drug-likeness (QED) is 0.668. The van der Waals surface area contributed by atoms with E-state index >= 15 is 0 Å². The molecule has 1 fully saturated rings. The van der Waals surface area contributed by atoms with Gasteiger partial charge in [0, 0.05) is 23.3 Å². The Morgan fingerprint density at radius 1 is 1.24 bits per heavy atom. The third kappa shape index (κ3) is 4.45. The van der Waals surface area contributed by atoms with Gasteiger partial charge >= 0.3 is 5.69 Å². The predicted molar refractivity (Wildman–Crippen MR) is 112 cm³/mol. The van der Waals surface area contributed by atoms with Crippen molar-refractivity contribution in [2.24, 2.45) is 0 Å². The van der Waals surface area contributed by atoms with Crippen molar-refractivity contribution in [3.05, 3.63) is 47.1 Å². The van der Waals surface area contributed by atoms with Gasteiger partial charge in [-0.1, -0.05) is 31.0 Å². The molecule has 1 amide bonds. The smallest absolute Gasteiger partial charge is 0.350 e. The van der Waals surface area contributed by atoms with Crippen molar-refractivity contribution >= 4 is 29.0 Å². The third-order valence-corrected chi connectivity index (χ3v) is 6.28. The maximum absolute atomic E-state index is 12.7. The summed E-state index contributed by atoms with van der Waals surface area (Å²) in [6.07, 6.45) is 9.26. The van der Waals surface area contributed by atoms with Crippen molar-refractivity contribution in [3.8, 4) is 5.75 Å². The van der Waals surface area contributed by atoms with Crippen LogP contribution in [0.1, 0.15) is 32.1 Å². The third-order valence-electron chi connectivity index (χ3n) is 4.97. The number of hydrogen-bond donors (Lipinski definition) is 1.